The SMILES string of the molecule is [CH2][C@@H](CCc1ccccc1)c1ccccc1. The Labute approximate surface area is 97.9 Å². The summed E-state index contributed by atoms with van der Waals surface area (Å²) in [6.45, 7) is 4.22. The van der Waals surface area contributed by atoms with E-state index in [1.807, 2.05) is 6.07 Å². The minimum atomic E-state index is 0.390. The molecule has 0 aliphatic rings. The van der Waals surface area contributed by atoms with Gasteiger partial charge < -0.3 is 0 Å². The van der Waals surface area contributed by atoms with E-state index in [0.717, 1.165) is 12.8 Å². The van der Waals surface area contributed by atoms with Crippen LogP contribution in [0.4, 0.5) is 0 Å². The van der Waals surface area contributed by atoms with E-state index in [-0.39, 0.29) is 0 Å². The van der Waals surface area contributed by atoms with Crippen molar-refractivity contribution >= 4 is 0 Å². The summed E-state index contributed by atoms with van der Waals surface area (Å²) in [7, 11) is 0. The molecule has 16 heavy (non-hydrogen) atoms. The largest absolute Gasteiger partial charge is 0.0622 e. The molecular formula is C16H17. The minimum absolute atomic E-state index is 0.390. The predicted molar refractivity (Wildman–Crippen MR) is 69.3 cm³/mol. The third kappa shape index (κ3) is 2.96. The van der Waals surface area contributed by atoms with Crippen molar-refractivity contribution in [3.63, 3.8) is 0 Å². The molecule has 1 atom stereocenters. The summed E-state index contributed by atoms with van der Waals surface area (Å²) in [5, 5.41) is 0. The molecule has 0 heteroatoms. The number of benzene rings is 2. The zero-order chi connectivity index (χ0) is 11.2. The van der Waals surface area contributed by atoms with Crippen LogP contribution in [-0.2, 0) is 6.42 Å². The molecule has 0 fully saturated rings. The van der Waals surface area contributed by atoms with E-state index in [9.17, 15) is 0 Å². The van der Waals surface area contributed by atoms with Crippen molar-refractivity contribution in [2.75, 3.05) is 0 Å². The smallest absolute Gasteiger partial charge is 0.0159 e. The van der Waals surface area contributed by atoms with E-state index in [1.165, 1.54) is 11.1 Å². The monoisotopic (exact) mass is 209 g/mol. The quantitative estimate of drug-likeness (QED) is 0.706. The maximum atomic E-state index is 4.22. The molecule has 2 rings (SSSR count). The van der Waals surface area contributed by atoms with Crippen LogP contribution in [0.2, 0.25) is 0 Å². The van der Waals surface area contributed by atoms with Gasteiger partial charge in [-0.15, -0.1) is 0 Å². The van der Waals surface area contributed by atoms with Crippen molar-refractivity contribution in [2.45, 2.75) is 18.8 Å². The molecule has 0 spiro atoms. The lowest BCUT2D eigenvalue weighted by molar-refractivity contribution is 0.733. The van der Waals surface area contributed by atoms with E-state index in [0.29, 0.717) is 5.92 Å². The van der Waals surface area contributed by atoms with Gasteiger partial charge in [-0.1, -0.05) is 60.7 Å². The molecule has 1 radical (unpaired) electrons. The molecule has 2 aromatic carbocycles. The molecule has 0 aliphatic carbocycles. The molecular weight excluding hydrogens is 192 g/mol. The van der Waals surface area contributed by atoms with Crippen molar-refractivity contribution in [1.29, 1.82) is 0 Å². The predicted octanol–water partition coefficient (Wildman–Crippen LogP) is 4.24. The van der Waals surface area contributed by atoms with Crippen molar-refractivity contribution < 1.29 is 0 Å². The van der Waals surface area contributed by atoms with Gasteiger partial charge in [0, 0.05) is 0 Å². The second-order valence-electron chi connectivity index (χ2n) is 4.13. The highest BCUT2D eigenvalue weighted by Gasteiger charge is 2.04. The molecule has 0 saturated carbocycles. The first-order chi connectivity index (χ1) is 7.86. The average Bonchev–Trinajstić information content (AvgIpc) is 2.38. The summed E-state index contributed by atoms with van der Waals surface area (Å²) in [4.78, 5) is 0. The molecule has 0 bridgehead atoms. The average molecular weight is 209 g/mol. The van der Waals surface area contributed by atoms with E-state index in [1.54, 1.807) is 0 Å². The molecule has 0 nitrogen and oxygen atoms in total. The number of aryl methyl sites for hydroxylation is 1. The molecule has 81 valence electrons. The second-order valence-corrected chi connectivity index (χ2v) is 4.13. The second kappa shape index (κ2) is 5.50. The Balaban J connectivity index is 1.92. The molecule has 0 N–H and O–H groups in total. The lowest BCUT2D eigenvalue weighted by Crippen LogP contribution is -1.96. The van der Waals surface area contributed by atoms with Gasteiger partial charge in [-0.3, -0.25) is 0 Å². The van der Waals surface area contributed by atoms with Gasteiger partial charge in [-0.2, -0.15) is 0 Å². The summed E-state index contributed by atoms with van der Waals surface area (Å²) in [6.07, 6.45) is 2.21. The molecule has 0 unspecified atom stereocenters. The summed E-state index contributed by atoms with van der Waals surface area (Å²) in [5.41, 5.74) is 2.73. The van der Waals surface area contributed by atoms with Crippen LogP contribution < -0.4 is 0 Å². The number of rotatable bonds is 4. The highest BCUT2D eigenvalue weighted by Crippen LogP contribution is 2.20. The standard InChI is InChI=1S/C16H17/c1-14(16-10-6-3-7-11-16)12-13-15-8-4-2-5-9-15/h2-11,14H,1,12-13H2/t14-/m0/s1. The Morgan fingerprint density at radius 2 is 1.38 bits per heavy atom. The van der Waals surface area contributed by atoms with Crippen LogP contribution in [0.5, 0.6) is 0 Å². The van der Waals surface area contributed by atoms with Gasteiger partial charge >= 0.3 is 0 Å². The number of hydrogen-bond acceptors (Lipinski definition) is 0. The Morgan fingerprint density at radius 3 is 2.00 bits per heavy atom. The van der Waals surface area contributed by atoms with Crippen LogP contribution in [0.1, 0.15) is 23.5 Å². The summed E-state index contributed by atoms with van der Waals surface area (Å²) in [5.74, 6) is 0.390. The fourth-order valence-corrected chi connectivity index (χ4v) is 1.88. The third-order valence-electron chi connectivity index (χ3n) is 2.90. The zero-order valence-corrected chi connectivity index (χ0v) is 9.47. The van der Waals surface area contributed by atoms with Crippen molar-refractivity contribution in [3.05, 3.63) is 78.7 Å². The molecule has 0 heterocycles. The Kier molecular flexibility index (Phi) is 3.76. The fourth-order valence-electron chi connectivity index (χ4n) is 1.88. The number of hydrogen-bond donors (Lipinski definition) is 0. The van der Waals surface area contributed by atoms with Crippen LogP contribution in [0.3, 0.4) is 0 Å². The van der Waals surface area contributed by atoms with Crippen LogP contribution in [0.25, 0.3) is 0 Å². The van der Waals surface area contributed by atoms with Crippen LogP contribution in [0.15, 0.2) is 60.7 Å². The van der Waals surface area contributed by atoms with E-state index in [4.69, 9.17) is 0 Å². The topological polar surface area (TPSA) is 0 Å². The molecule has 2 aromatic rings. The summed E-state index contributed by atoms with van der Waals surface area (Å²) in [6, 6.07) is 21.1. The Morgan fingerprint density at radius 1 is 0.812 bits per heavy atom. The van der Waals surface area contributed by atoms with Crippen molar-refractivity contribution in [3.8, 4) is 0 Å². The van der Waals surface area contributed by atoms with Gasteiger partial charge in [-0.25, -0.2) is 0 Å². The maximum Gasteiger partial charge on any atom is -0.0159 e. The highest BCUT2D eigenvalue weighted by molar-refractivity contribution is 5.21. The molecule has 0 amide bonds. The summed E-state index contributed by atoms with van der Waals surface area (Å²) >= 11 is 0. The van der Waals surface area contributed by atoms with E-state index < -0.39 is 0 Å². The van der Waals surface area contributed by atoms with Gasteiger partial charge in [0.2, 0.25) is 0 Å². The molecule has 0 saturated heterocycles. The normalized spacial score (nSPS) is 12.3. The van der Waals surface area contributed by atoms with Crippen molar-refractivity contribution in [2.24, 2.45) is 0 Å². The van der Waals surface area contributed by atoms with Gasteiger partial charge in [0.1, 0.15) is 0 Å². The Bertz CT molecular complexity index is 403. The Hall–Kier alpha value is -1.56. The minimum Gasteiger partial charge on any atom is -0.0622 e. The van der Waals surface area contributed by atoms with Crippen LogP contribution >= 0.6 is 0 Å². The van der Waals surface area contributed by atoms with Crippen molar-refractivity contribution in [1.82, 2.24) is 0 Å². The summed E-state index contributed by atoms with van der Waals surface area (Å²) < 4.78 is 0. The lowest BCUT2D eigenvalue weighted by atomic mass is 9.94. The van der Waals surface area contributed by atoms with Crippen LogP contribution in [0, 0.1) is 6.92 Å². The highest BCUT2D eigenvalue weighted by atomic mass is 14.1. The molecule has 0 aromatic heterocycles. The van der Waals surface area contributed by atoms with Gasteiger partial charge in [0.05, 0.1) is 0 Å². The van der Waals surface area contributed by atoms with Gasteiger partial charge in [-0.05, 0) is 36.8 Å². The first-order valence-corrected chi connectivity index (χ1v) is 5.78. The van der Waals surface area contributed by atoms with E-state index in [2.05, 4.69) is 61.5 Å². The van der Waals surface area contributed by atoms with Gasteiger partial charge in [0.15, 0.2) is 0 Å². The van der Waals surface area contributed by atoms with E-state index >= 15 is 0 Å². The fraction of sp³-hybridized carbons (Fsp3) is 0.188. The molecule has 0 aliphatic heterocycles. The first kappa shape index (κ1) is 10.9. The zero-order valence-electron chi connectivity index (χ0n) is 9.47. The third-order valence-corrected chi connectivity index (χ3v) is 2.90. The van der Waals surface area contributed by atoms with Crippen LogP contribution in [-0.4, -0.2) is 0 Å². The lowest BCUT2D eigenvalue weighted by Gasteiger charge is -2.11. The van der Waals surface area contributed by atoms with Gasteiger partial charge in [0.25, 0.3) is 0 Å². The first-order valence-electron chi connectivity index (χ1n) is 5.78. The maximum absolute atomic E-state index is 4.22.